The molecule has 2 rings (SSSR count). The second-order valence-electron chi connectivity index (χ2n) is 5.19. The number of amides is 1. The highest BCUT2D eigenvalue weighted by molar-refractivity contribution is 7.89. The Balaban J connectivity index is 2.42. The molecular formula is C14H21N3O3S. The van der Waals surface area contributed by atoms with Gasteiger partial charge in [0, 0.05) is 38.8 Å². The Hall–Kier alpha value is -1.60. The summed E-state index contributed by atoms with van der Waals surface area (Å²) in [6.07, 6.45) is 0.200. The number of hydrogen-bond donors (Lipinski definition) is 2. The van der Waals surface area contributed by atoms with E-state index in [2.05, 4.69) is 10.6 Å². The number of carbonyl (C=O) groups excluding carboxylic acids is 1. The summed E-state index contributed by atoms with van der Waals surface area (Å²) >= 11 is 0. The molecule has 0 saturated carbocycles. The lowest BCUT2D eigenvalue weighted by atomic mass is 10.1. The van der Waals surface area contributed by atoms with Crippen LogP contribution in [0.1, 0.15) is 17.5 Å². The molecule has 2 N–H and O–H groups in total. The van der Waals surface area contributed by atoms with Crippen molar-refractivity contribution >= 4 is 21.6 Å². The van der Waals surface area contributed by atoms with Crippen molar-refractivity contribution in [3.05, 3.63) is 23.3 Å². The predicted molar refractivity (Wildman–Crippen MR) is 81.8 cm³/mol. The molecule has 1 aliphatic heterocycles. The van der Waals surface area contributed by atoms with E-state index in [1.807, 2.05) is 12.1 Å². The van der Waals surface area contributed by atoms with Gasteiger partial charge in [-0.3, -0.25) is 4.79 Å². The molecular weight excluding hydrogens is 290 g/mol. The minimum atomic E-state index is -3.58. The number of rotatable bonds is 3. The minimum absolute atomic E-state index is 0.105. The molecule has 0 unspecified atom stereocenters. The molecule has 21 heavy (non-hydrogen) atoms. The quantitative estimate of drug-likeness (QED) is 0.868. The zero-order valence-corrected chi connectivity index (χ0v) is 13.4. The Morgan fingerprint density at radius 1 is 1.19 bits per heavy atom. The number of carbonyl (C=O) groups is 1. The highest BCUT2D eigenvalue weighted by Crippen LogP contribution is 2.27. The van der Waals surface area contributed by atoms with E-state index in [1.54, 1.807) is 20.9 Å². The van der Waals surface area contributed by atoms with Gasteiger partial charge in [-0.05, 0) is 37.1 Å². The molecule has 0 aliphatic carbocycles. The van der Waals surface area contributed by atoms with Crippen LogP contribution in [0.4, 0.5) is 5.69 Å². The third kappa shape index (κ3) is 3.19. The molecule has 6 nitrogen and oxygen atoms in total. The van der Waals surface area contributed by atoms with E-state index in [9.17, 15) is 13.2 Å². The summed E-state index contributed by atoms with van der Waals surface area (Å²) in [5, 5.41) is 5.71. The van der Waals surface area contributed by atoms with Crippen molar-refractivity contribution in [3.63, 3.8) is 0 Å². The Morgan fingerprint density at radius 3 is 2.38 bits per heavy atom. The van der Waals surface area contributed by atoms with Crippen LogP contribution in [0.15, 0.2) is 17.0 Å². The number of hydrogen-bond acceptors (Lipinski definition) is 4. The highest BCUT2D eigenvalue weighted by atomic mass is 32.2. The number of nitrogens with zero attached hydrogens (tertiary/aromatic N) is 1. The zero-order valence-electron chi connectivity index (χ0n) is 12.6. The fourth-order valence-corrected chi connectivity index (χ4v) is 4.47. The fraction of sp³-hybridized carbons (Fsp3) is 0.500. The molecule has 7 heteroatoms. The maximum Gasteiger partial charge on any atom is 0.243 e. The molecule has 0 spiro atoms. The lowest BCUT2D eigenvalue weighted by molar-refractivity contribution is -0.120. The van der Waals surface area contributed by atoms with Crippen molar-refractivity contribution in [2.75, 3.05) is 32.0 Å². The predicted octanol–water partition coefficient (Wildman–Crippen LogP) is 0.856. The SMILES string of the molecule is CNc1cc(C)c(S(=O)(=O)N2CCNC(=O)CC2)c(C)c1. The lowest BCUT2D eigenvalue weighted by Crippen LogP contribution is -2.35. The van der Waals surface area contributed by atoms with Crippen molar-refractivity contribution in [2.24, 2.45) is 0 Å². The zero-order chi connectivity index (χ0) is 15.6. The summed E-state index contributed by atoms with van der Waals surface area (Å²) in [4.78, 5) is 11.7. The van der Waals surface area contributed by atoms with Crippen molar-refractivity contribution in [2.45, 2.75) is 25.2 Å². The number of anilines is 1. The van der Waals surface area contributed by atoms with Crippen molar-refractivity contribution in [3.8, 4) is 0 Å². The minimum Gasteiger partial charge on any atom is -0.388 e. The second-order valence-corrected chi connectivity index (χ2v) is 7.07. The molecule has 1 heterocycles. The van der Waals surface area contributed by atoms with E-state index in [0.717, 1.165) is 5.69 Å². The summed E-state index contributed by atoms with van der Waals surface area (Å²) in [5.41, 5.74) is 2.31. The molecule has 1 saturated heterocycles. The monoisotopic (exact) mass is 311 g/mol. The summed E-state index contributed by atoms with van der Waals surface area (Å²) in [5.74, 6) is -0.105. The van der Waals surface area contributed by atoms with Gasteiger partial charge in [0.05, 0.1) is 4.90 Å². The van der Waals surface area contributed by atoms with Crippen molar-refractivity contribution < 1.29 is 13.2 Å². The molecule has 0 atom stereocenters. The van der Waals surface area contributed by atoms with Gasteiger partial charge in [0.25, 0.3) is 0 Å². The van der Waals surface area contributed by atoms with E-state index in [1.165, 1.54) is 4.31 Å². The van der Waals surface area contributed by atoms with Gasteiger partial charge < -0.3 is 10.6 Å². The smallest absolute Gasteiger partial charge is 0.243 e. The van der Waals surface area contributed by atoms with Gasteiger partial charge in [0.2, 0.25) is 15.9 Å². The Labute approximate surface area is 125 Å². The van der Waals surface area contributed by atoms with Crippen LogP contribution < -0.4 is 10.6 Å². The van der Waals surface area contributed by atoms with Gasteiger partial charge in [0.1, 0.15) is 0 Å². The van der Waals surface area contributed by atoms with Crippen LogP contribution in [-0.4, -0.2) is 45.3 Å². The van der Waals surface area contributed by atoms with Gasteiger partial charge in [0.15, 0.2) is 0 Å². The van der Waals surface area contributed by atoms with E-state index in [0.29, 0.717) is 29.1 Å². The van der Waals surface area contributed by atoms with Gasteiger partial charge in [-0.2, -0.15) is 4.31 Å². The average Bonchev–Trinajstić information content (AvgIpc) is 2.62. The third-order valence-electron chi connectivity index (χ3n) is 3.62. The lowest BCUT2D eigenvalue weighted by Gasteiger charge is -2.22. The van der Waals surface area contributed by atoms with Crippen LogP contribution in [0.3, 0.4) is 0 Å². The first-order chi connectivity index (χ1) is 9.86. The van der Waals surface area contributed by atoms with E-state index >= 15 is 0 Å². The molecule has 1 amide bonds. The van der Waals surface area contributed by atoms with E-state index in [4.69, 9.17) is 0 Å². The number of aryl methyl sites for hydroxylation is 2. The first kappa shape index (κ1) is 15.8. The molecule has 1 aliphatic rings. The molecule has 0 bridgehead atoms. The Kier molecular flexibility index (Phi) is 4.53. The standard InChI is InChI=1S/C14H21N3O3S/c1-10-8-12(15-3)9-11(2)14(10)21(19,20)17-6-4-13(18)16-5-7-17/h8-9,15H,4-7H2,1-3H3,(H,16,18). The third-order valence-corrected chi connectivity index (χ3v) is 5.82. The number of nitrogens with one attached hydrogen (secondary N) is 2. The van der Waals surface area contributed by atoms with Crippen LogP contribution >= 0.6 is 0 Å². The second kappa shape index (κ2) is 6.03. The molecule has 1 aromatic carbocycles. The van der Waals surface area contributed by atoms with Crippen molar-refractivity contribution in [1.29, 1.82) is 0 Å². The van der Waals surface area contributed by atoms with Crippen LogP contribution in [0.5, 0.6) is 0 Å². The van der Waals surface area contributed by atoms with Crippen LogP contribution in [-0.2, 0) is 14.8 Å². The van der Waals surface area contributed by atoms with E-state index < -0.39 is 10.0 Å². The first-order valence-electron chi connectivity index (χ1n) is 6.92. The first-order valence-corrected chi connectivity index (χ1v) is 8.36. The molecule has 0 aromatic heterocycles. The van der Waals surface area contributed by atoms with E-state index in [-0.39, 0.29) is 18.9 Å². The van der Waals surface area contributed by atoms with Gasteiger partial charge in [-0.15, -0.1) is 0 Å². The van der Waals surface area contributed by atoms with Gasteiger partial charge >= 0.3 is 0 Å². The van der Waals surface area contributed by atoms with Crippen LogP contribution in [0.2, 0.25) is 0 Å². The maximum absolute atomic E-state index is 12.9. The molecule has 1 aromatic rings. The summed E-state index contributed by atoms with van der Waals surface area (Å²) in [6.45, 7) is 4.47. The highest BCUT2D eigenvalue weighted by Gasteiger charge is 2.29. The van der Waals surface area contributed by atoms with Crippen LogP contribution in [0, 0.1) is 13.8 Å². The Bertz CT molecular complexity index is 632. The molecule has 116 valence electrons. The largest absolute Gasteiger partial charge is 0.388 e. The van der Waals surface area contributed by atoms with Gasteiger partial charge in [-0.1, -0.05) is 0 Å². The van der Waals surface area contributed by atoms with Crippen molar-refractivity contribution in [1.82, 2.24) is 9.62 Å². The summed E-state index contributed by atoms with van der Waals surface area (Å²) in [7, 11) is -1.78. The number of sulfonamides is 1. The summed E-state index contributed by atoms with van der Waals surface area (Å²) < 4.78 is 27.1. The average molecular weight is 311 g/mol. The normalized spacial score (nSPS) is 17.2. The Morgan fingerprint density at radius 2 is 1.81 bits per heavy atom. The van der Waals surface area contributed by atoms with Crippen LogP contribution in [0.25, 0.3) is 0 Å². The van der Waals surface area contributed by atoms with Gasteiger partial charge in [-0.25, -0.2) is 8.42 Å². The summed E-state index contributed by atoms with van der Waals surface area (Å²) in [6, 6.07) is 3.64. The maximum atomic E-state index is 12.9. The molecule has 0 radical (unpaired) electrons. The molecule has 1 fully saturated rings. The number of benzene rings is 1. The topological polar surface area (TPSA) is 78.5 Å². The fourth-order valence-electron chi connectivity index (χ4n) is 2.62.